The van der Waals surface area contributed by atoms with E-state index in [2.05, 4.69) is 10.3 Å². The van der Waals surface area contributed by atoms with E-state index in [1.807, 2.05) is 0 Å². The van der Waals surface area contributed by atoms with Crippen LogP contribution < -0.4 is 11.1 Å². The zero-order valence-corrected chi connectivity index (χ0v) is 10.5. The topological polar surface area (TPSA) is 71.2 Å². The fourth-order valence-electron chi connectivity index (χ4n) is 2.40. The summed E-state index contributed by atoms with van der Waals surface area (Å²) >= 11 is 5.86. The minimum atomic E-state index is 0.216. The van der Waals surface area contributed by atoms with Gasteiger partial charge in [-0.1, -0.05) is 24.4 Å². The summed E-state index contributed by atoms with van der Waals surface area (Å²) < 4.78 is 0. The maximum Gasteiger partial charge on any atom is 0.133 e. The molecule has 0 aliphatic heterocycles. The van der Waals surface area contributed by atoms with Gasteiger partial charge in [-0.25, -0.2) is 4.98 Å². The van der Waals surface area contributed by atoms with Gasteiger partial charge >= 0.3 is 0 Å². The molecule has 0 saturated heterocycles. The minimum Gasteiger partial charge on any atom is -0.399 e. The van der Waals surface area contributed by atoms with Gasteiger partial charge in [-0.2, -0.15) is 0 Å². The molecule has 0 spiro atoms. The molecule has 4 N–H and O–H groups in total. The van der Waals surface area contributed by atoms with Gasteiger partial charge in [-0.15, -0.1) is 0 Å². The summed E-state index contributed by atoms with van der Waals surface area (Å²) in [7, 11) is 0. The molecule has 1 aliphatic carbocycles. The molecule has 4 nitrogen and oxygen atoms in total. The number of nitrogens with two attached hydrogens (primary N) is 1. The molecule has 1 saturated carbocycles. The zero-order chi connectivity index (χ0) is 12.3. The van der Waals surface area contributed by atoms with Crippen LogP contribution in [0.4, 0.5) is 11.5 Å². The Bertz CT molecular complexity index is 366. The highest BCUT2D eigenvalue weighted by Crippen LogP contribution is 2.27. The Kier molecular flexibility index (Phi) is 4.07. The first-order valence-electron chi connectivity index (χ1n) is 5.99. The standard InChI is InChI=1S/C12H18ClN3O/c13-11-5-9(14)6-12(16-11)15-10-4-2-1-3-8(10)7-17/h5-6,8,10,17H,1-4,7H2,(H3,14,15,16). The van der Waals surface area contributed by atoms with Gasteiger partial charge in [0.2, 0.25) is 0 Å². The van der Waals surface area contributed by atoms with E-state index >= 15 is 0 Å². The van der Waals surface area contributed by atoms with Crippen molar-refractivity contribution in [1.29, 1.82) is 0 Å². The van der Waals surface area contributed by atoms with Crippen LogP contribution in [0.3, 0.4) is 0 Å². The van der Waals surface area contributed by atoms with Crippen LogP contribution in [0.2, 0.25) is 5.15 Å². The number of nitrogens with one attached hydrogen (secondary N) is 1. The van der Waals surface area contributed by atoms with Crippen LogP contribution >= 0.6 is 11.6 Å². The lowest BCUT2D eigenvalue weighted by molar-refractivity contribution is 0.178. The fourth-order valence-corrected chi connectivity index (χ4v) is 2.61. The zero-order valence-electron chi connectivity index (χ0n) is 9.69. The number of rotatable bonds is 3. The minimum absolute atomic E-state index is 0.216. The van der Waals surface area contributed by atoms with Gasteiger partial charge in [0.15, 0.2) is 0 Å². The van der Waals surface area contributed by atoms with Gasteiger partial charge in [0.1, 0.15) is 11.0 Å². The molecule has 1 aliphatic rings. The van der Waals surface area contributed by atoms with E-state index in [0.29, 0.717) is 22.6 Å². The maximum atomic E-state index is 9.34. The highest BCUT2D eigenvalue weighted by molar-refractivity contribution is 6.29. The average molecular weight is 256 g/mol. The number of aliphatic hydroxyl groups is 1. The quantitative estimate of drug-likeness (QED) is 0.725. The number of nitrogens with zero attached hydrogens (tertiary/aromatic N) is 1. The predicted molar refractivity (Wildman–Crippen MR) is 70.1 cm³/mol. The molecule has 5 heteroatoms. The molecule has 0 amide bonds. The van der Waals surface area contributed by atoms with Crippen molar-refractivity contribution in [1.82, 2.24) is 4.98 Å². The molecule has 2 unspecified atom stereocenters. The molecule has 1 fully saturated rings. The molecular weight excluding hydrogens is 238 g/mol. The smallest absolute Gasteiger partial charge is 0.133 e. The highest BCUT2D eigenvalue weighted by Gasteiger charge is 2.24. The Labute approximate surface area is 106 Å². The number of aliphatic hydroxyl groups excluding tert-OH is 1. The lowest BCUT2D eigenvalue weighted by atomic mass is 9.85. The highest BCUT2D eigenvalue weighted by atomic mass is 35.5. The normalized spacial score (nSPS) is 24.6. The molecule has 1 aromatic rings. The lowest BCUT2D eigenvalue weighted by Crippen LogP contribution is -2.34. The first-order chi connectivity index (χ1) is 8.19. The number of nitrogen functional groups attached to an aromatic ring is 1. The van der Waals surface area contributed by atoms with Crippen LogP contribution in [0, 0.1) is 5.92 Å². The third kappa shape index (κ3) is 3.23. The van der Waals surface area contributed by atoms with E-state index in [-0.39, 0.29) is 12.6 Å². The summed E-state index contributed by atoms with van der Waals surface area (Å²) in [5, 5.41) is 13.1. The summed E-state index contributed by atoms with van der Waals surface area (Å²) in [4.78, 5) is 4.19. The Morgan fingerprint density at radius 2 is 2.18 bits per heavy atom. The third-order valence-electron chi connectivity index (χ3n) is 3.29. The second-order valence-corrected chi connectivity index (χ2v) is 4.97. The number of hydrogen-bond donors (Lipinski definition) is 3. The van der Waals surface area contributed by atoms with Gasteiger partial charge < -0.3 is 16.2 Å². The molecule has 0 radical (unpaired) electrons. The van der Waals surface area contributed by atoms with E-state index in [4.69, 9.17) is 17.3 Å². The van der Waals surface area contributed by atoms with Crippen molar-refractivity contribution in [2.75, 3.05) is 17.7 Å². The Morgan fingerprint density at radius 3 is 2.88 bits per heavy atom. The van der Waals surface area contributed by atoms with Crippen LogP contribution in [0.1, 0.15) is 25.7 Å². The molecular formula is C12H18ClN3O. The first kappa shape index (κ1) is 12.5. The fraction of sp³-hybridized carbons (Fsp3) is 0.583. The van der Waals surface area contributed by atoms with Crippen molar-refractivity contribution in [3.8, 4) is 0 Å². The monoisotopic (exact) mass is 255 g/mol. The molecule has 17 heavy (non-hydrogen) atoms. The second kappa shape index (κ2) is 5.56. The molecule has 94 valence electrons. The molecule has 1 heterocycles. The maximum absolute atomic E-state index is 9.34. The van der Waals surface area contributed by atoms with Crippen LogP contribution in [0.25, 0.3) is 0 Å². The van der Waals surface area contributed by atoms with Crippen molar-refractivity contribution in [2.24, 2.45) is 5.92 Å². The first-order valence-corrected chi connectivity index (χ1v) is 6.37. The number of aromatic nitrogens is 1. The number of pyridine rings is 1. The van der Waals surface area contributed by atoms with Crippen molar-refractivity contribution < 1.29 is 5.11 Å². The lowest BCUT2D eigenvalue weighted by Gasteiger charge is -2.31. The van der Waals surface area contributed by atoms with E-state index < -0.39 is 0 Å². The summed E-state index contributed by atoms with van der Waals surface area (Å²) in [6, 6.07) is 3.66. The Balaban J connectivity index is 2.08. The van der Waals surface area contributed by atoms with Crippen molar-refractivity contribution in [3.63, 3.8) is 0 Å². The van der Waals surface area contributed by atoms with Crippen molar-refractivity contribution >= 4 is 23.1 Å². The van der Waals surface area contributed by atoms with Gasteiger partial charge in [0.05, 0.1) is 0 Å². The number of anilines is 2. The summed E-state index contributed by atoms with van der Waals surface area (Å²) in [5.74, 6) is 0.992. The van der Waals surface area contributed by atoms with Crippen LogP contribution in [-0.2, 0) is 0 Å². The van der Waals surface area contributed by atoms with E-state index in [1.165, 1.54) is 12.8 Å². The Morgan fingerprint density at radius 1 is 1.41 bits per heavy atom. The summed E-state index contributed by atoms with van der Waals surface area (Å²) in [6.45, 7) is 0.216. The van der Waals surface area contributed by atoms with Gasteiger partial charge in [0.25, 0.3) is 0 Å². The molecule has 2 atom stereocenters. The van der Waals surface area contributed by atoms with Crippen molar-refractivity contribution in [3.05, 3.63) is 17.3 Å². The molecule has 1 aromatic heterocycles. The SMILES string of the molecule is Nc1cc(Cl)nc(NC2CCCCC2CO)c1. The predicted octanol–water partition coefficient (Wildman–Crippen LogP) is 2.28. The average Bonchev–Trinajstić information content (AvgIpc) is 2.28. The Hall–Kier alpha value is -1.00. The van der Waals surface area contributed by atoms with Crippen LogP contribution in [0.15, 0.2) is 12.1 Å². The van der Waals surface area contributed by atoms with Crippen LogP contribution in [0.5, 0.6) is 0 Å². The summed E-state index contributed by atoms with van der Waals surface area (Å²) in [6.07, 6.45) is 4.49. The molecule has 2 rings (SSSR count). The third-order valence-corrected chi connectivity index (χ3v) is 3.49. The van der Waals surface area contributed by atoms with E-state index in [9.17, 15) is 5.11 Å². The van der Waals surface area contributed by atoms with E-state index in [0.717, 1.165) is 12.8 Å². The van der Waals surface area contributed by atoms with Crippen molar-refractivity contribution in [2.45, 2.75) is 31.7 Å². The molecule has 0 aromatic carbocycles. The summed E-state index contributed by atoms with van der Waals surface area (Å²) in [5.41, 5.74) is 6.32. The molecule has 0 bridgehead atoms. The van der Waals surface area contributed by atoms with Gasteiger partial charge in [0, 0.05) is 30.3 Å². The number of hydrogen-bond acceptors (Lipinski definition) is 4. The number of halogens is 1. The van der Waals surface area contributed by atoms with Crippen LogP contribution in [-0.4, -0.2) is 22.7 Å². The largest absolute Gasteiger partial charge is 0.399 e. The van der Waals surface area contributed by atoms with E-state index in [1.54, 1.807) is 12.1 Å². The second-order valence-electron chi connectivity index (χ2n) is 4.59. The van der Waals surface area contributed by atoms with Gasteiger partial charge in [-0.05, 0) is 18.9 Å². The van der Waals surface area contributed by atoms with Gasteiger partial charge in [-0.3, -0.25) is 0 Å².